The SMILES string of the molecule is CCOC(=O)c1cnc(SC(CC)C(=O)Nc2cccc(OC)c2)nc1N. The molecule has 2 aromatic rings. The van der Waals surface area contributed by atoms with Gasteiger partial charge < -0.3 is 20.5 Å². The first-order valence-electron chi connectivity index (χ1n) is 8.39. The van der Waals surface area contributed by atoms with Crippen LogP contribution in [0, 0.1) is 0 Å². The number of benzene rings is 1. The lowest BCUT2D eigenvalue weighted by Gasteiger charge is -2.14. The molecule has 0 aliphatic heterocycles. The second-order valence-electron chi connectivity index (χ2n) is 5.41. The molecule has 1 heterocycles. The highest BCUT2D eigenvalue weighted by Crippen LogP contribution is 2.25. The van der Waals surface area contributed by atoms with Crippen LogP contribution in [0.1, 0.15) is 30.6 Å². The summed E-state index contributed by atoms with van der Waals surface area (Å²) in [6, 6.07) is 7.10. The summed E-state index contributed by atoms with van der Waals surface area (Å²) >= 11 is 1.18. The van der Waals surface area contributed by atoms with Gasteiger partial charge in [-0.25, -0.2) is 14.8 Å². The fourth-order valence-electron chi connectivity index (χ4n) is 2.17. The second-order valence-corrected chi connectivity index (χ2v) is 6.58. The lowest BCUT2D eigenvalue weighted by molar-refractivity contribution is -0.115. The number of amides is 1. The Bertz CT molecular complexity index is 816. The standard InChI is InChI=1S/C18H22N4O4S/c1-4-14(16(23)21-11-7-6-8-12(9-11)25-3)27-18-20-10-13(15(19)22-18)17(24)26-5-2/h6-10,14H,4-5H2,1-3H3,(H,21,23)(H2,19,20,22). The van der Waals surface area contributed by atoms with Crippen molar-refractivity contribution < 1.29 is 19.1 Å². The lowest BCUT2D eigenvalue weighted by Crippen LogP contribution is -2.25. The first-order chi connectivity index (χ1) is 13.0. The van der Waals surface area contributed by atoms with Crippen LogP contribution in [0.2, 0.25) is 0 Å². The molecule has 2 rings (SSSR count). The molecule has 0 saturated heterocycles. The molecular weight excluding hydrogens is 368 g/mol. The van der Waals surface area contributed by atoms with Gasteiger partial charge in [-0.3, -0.25) is 4.79 Å². The summed E-state index contributed by atoms with van der Waals surface area (Å²) in [7, 11) is 1.56. The molecule has 8 nitrogen and oxygen atoms in total. The fourth-order valence-corrected chi connectivity index (χ4v) is 3.03. The predicted molar refractivity (Wildman–Crippen MR) is 104 cm³/mol. The Labute approximate surface area is 161 Å². The Hall–Kier alpha value is -2.81. The largest absolute Gasteiger partial charge is 0.497 e. The maximum atomic E-state index is 12.6. The maximum absolute atomic E-state index is 12.6. The number of thioether (sulfide) groups is 1. The average Bonchev–Trinajstić information content (AvgIpc) is 2.66. The van der Waals surface area contributed by atoms with Crippen molar-refractivity contribution in [3.05, 3.63) is 36.0 Å². The fraction of sp³-hybridized carbons (Fsp3) is 0.333. The molecule has 9 heteroatoms. The highest BCUT2D eigenvalue weighted by atomic mass is 32.2. The third-order valence-corrected chi connectivity index (χ3v) is 4.78. The smallest absolute Gasteiger partial charge is 0.343 e. The Kier molecular flexibility index (Phi) is 7.42. The summed E-state index contributed by atoms with van der Waals surface area (Å²) in [6.45, 7) is 3.82. The molecule has 0 aliphatic rings. The molecule has 0 bridgehead atoms. The van der Waals surface area contributed by atoms with E-state index in [1.807, 2.05) is 6.92 Å². The van der Waals surface area contributed by atoms with Gasteiger partial charge in [-0.1, -0.05) is 24.8 Å². The molecule has 0 radical (unpaired) electrons. The number of carbonyl (C=O) groups is 2. The van der Waals surface area contributed by atoms with E-state index in [0.29, 0.717) is 23.0 Å². The van der Waals surface area contributed by atoms with Crippen LogP contribution in [0.5, 0.6) is 5.75 Å². The number of anilines is 2. The first kappa shape index (κ1) is 20.5. The van der Waals surface area contributed by atoms with Crippen molar-refractivity contribution in [2.45, 2.75) is 30.7 Å². The number of methoxy groups -OCH3 is 1. The number of nitrogen functional groups attached to an aromatic ring is 1. The van der Waals surface area contributed by atoms with Gasteiger partial charge in [-0.2, -0.15) is 0 Å². The van der Waals surface area contributed by atoms with Gasteiger partial charge >= 0.3 is 5.97 Å². The Morgan fingerprint density at radius 2 is 2.11 bits per heavy atom. The van der Waals surface area contributed by atoms with E-state index < -0.39 is 11.2 Å². The van der Waals surface area contributed by atoms with Crippen LogP contribution in [0.15, 0.2) is 35.6 Å². The Morgan fingerprint density at radius 3 is 2.74 bits per heavy atom. The molecule has 0 spiro atoms. The zero-order chi connectivity index (χ0) is 19.8. The van der Waals surface area contributed by atoms with Crippen LogP contribution < -0.4 is 15.8 Å². The van der Waals surface area contributed by atoms with Crippen LogP contribution >= 0.6 is 11.8 Å². The van der Waals surface area contributed by atoms with E-state index in [1.165, 1.54) is 18.0 Å². The number of hydrogen-bond acceptors (Lipinski definition) is 8. The van der Waals surface area contributed by atoms with E-state index in [1.54, 1.807) is 38.3 Å². The third kappa shape index (κ3) is 5.58. The number of nitrogens with one attached hydrogen (secondary N) is 1. The Balaban J connectivity index is 2.08. The van der Waals surface area contributed by atoms with E-state index in [2.05, 4.69) is 15.3 Å². The molecule has 144 valence electrons. The molecule has 3 N–H and O–H groups in total. The summed E-state index contributed by atoms with van der Waals surface area (Å²) in [4.78, 5) is 32.5. The lowest BCUT2D eigenvalue weighted by atomic mass is 10.2. The number of nitrogens with two attached hydrogens (primary N) is 1. The van der Waals surface area contributed by atoms with Crippen molar-refractivity contribution >= 4 is 35.1 Å². The summed E-state index contributed by atoms with van der Waals surface area (Å²) in [5.41, 5.74) is 6.56. The summed E-state index contributed by atoms with van der Waals surface area (Å²) in [6.07, 6.45) is 1.87. The van der Waals surface area contributed by atoms with E-state index >= 15 is 0 Å². The van der Waals surface area contributed by atoms with Crippen LogP contribution in [-0.4, -0.2) is 40.8 Å². The van der Waals surface area contributed by atoms with Crippen molar-refractivity contribution in [2.24, 2.45) is 0 Å². The zero-order valence-electron chi connectivity index (χ0n) is 15.4. The van der Waals surface area contributed by atoms with Gasteiger partial charge in [-0.05, 0) is 25.5 Å². The van der Waals surface area contributed by atoms with Crippen molar-refractivity contribution in [3.63, 3.8) is 0 Å². The molecule has 0 fully saturated rings. The number of ether oxygens (including phenoxy) is 2. The second kappa shape index (κ2) is 9.77. The molecule has 1 amide bonds. The van der Waals surface area contributed by atoms with Crippen LogP contribution in [-0.2, 0) is 9.53 Å². The number of aromatic nitrogens is 2. The minimum Gasteiger partial charge on any atom is -0.497 e. The minimum absolute atomic E-state index is 0.0222. The van der Waals surface area contributed by atoms with Crippen LogP contribution in [0.4, 0.5) is 11.5 Å². The molecule has 0 aliphatic carbocycles. The molecule has 1 aromatic heterocycles. The first-order valence-corrected chi connectivity index (χ1v) is 9.27. The number of esters is 1. The highest BCUT2D eigenvalue weighted by Gasteiger charge is 2.21. The van der Waals surface area contributed by atoms with E-state index in [-0.39, 0.29) is 23.9 Å². The van der Waals surface area contributed by atoms with Crippen LogP contribution in [0.25, 0.3) is 0 Å². The van der Waals surface area contributed by atoms with Crippen LogP contribution in [0.3, 0.4) is 0 Å². The molecule has 0 saturated carbocycles. The van der Waals surface area contributed by atoms with Gasteiger partial charge in [0.25, 0.3) is 0 Å². The van der Waals surface area contributed by atoms with Crippen molar-refractivity contribution in [3.8, 4) is 5.75 Å². The van der Waals surface area contributed by atoms with Gasteiger partial charge in [0.2, 0.25) is 5.91 Å². The average molecular weight is 390 g/mol. The summed E-state index contributed by atoms with van der Waals surface area (Å²) in [5, 5.41) is 2.73. The minimum atomic E-state index is -0.575. The molecular formula is C18H22N4O4S. The monoisotopic (exact) mass is 390 g/mol. The Morgan fingerprint density at radius 1 is 1.33 bits per heavy atom. The molecule has 1 aromatic carbocycles. The molecule has 1 unspecified atom stereocenters. The number of rotatable bonds is 8. The highest BCUT2D eigenvalue weighted by molar-refractivity contribution is 8.00. The van der Waals surface area contributed by atoms with Gasteiger partial charge in [-0.15, -0.1) is 0 Å². The number of hydrogen-bond donors (Lipinski definition) is 2. The van der Waals surface area contributed by atoms with Crippen molar-refractivity contribution in [1.82, 2.24) is 9.97 Å². The zero-order valence-corrected chi connectivity index (χ0v) is 16.2. The topological polar surface area (TPSA) is 116 Å². The quantitative estimate of drug-likeness (QED) is 0.401. The van der Waals surface area contributed by atoms with E-state index in [9.17, 15) is 9.59 Å². The molecule has 1 atom stereocenters. The number of nitrogens with zero attached hydrogens (tertiary/aromatic N) is 2. The van der Waals surface area contributed by atoms with Gasteiger partial charge in [0.05, 0.1) is 19.0 Å². The summed E-state index contributed by atoms with van der Waals surface area (Å²) in [5.74, 6) is -0.0880. The normalized spacial score (nSPS) is 11.5. The van der Waals surface area contributed by atoms with E-state index in [0.717, 1.165) is 0 Å². The molecule has 27 heavy (non-hydrogen) atoms. The van der Waals surface area contributed by atoms with Crippen molar-refractivity contribution in [1.29, 1.82) is 0 Å². The number of carbonyl (C=O) groups excluding carboxylic acids is 2. The predicted octanol–water partition coefficient (Wildman–Crippen LogP) is 2.75. The van der Waals surface area contributed by atoms with E-state index in [4.69, 9.17) is 15.2 Å². The van der Waals surface area contributed by atoms with Gasteiger partial charge in [0.1, 0.15) is 17.1 Å². The van der Waals surface area contributed by atoms with Gasteiger partial charge in [0, 0.05) is 18.0 Å². The maximum Gasteiger partial charge on any atom is 0.343 e. The third-order valence-electron chi connectivity index (χ3n) is 3.54. The summed E-state index contributed by atoms with van der Waals surface area (Å²) < 4.78 is 10.0. The van der Waals surface area contributed by atoms with Gasteiger partial charge in [0.15, 0.2) is 5.16 Å². The van der Waals surface area contributed by atoms with Crippen molar-refractivity contribution in [2.75, 3.05) is 24.8 Å².